The van der Waals surface area contributed by atoms with E-state index in [0.717, 1.165) is 0 Å². The number of aliphatic carboxylic acids is 1. The lowest BCUT2D eigenvalue weighted by molar-refractivity contribution is -0.136. The third-order valence-corrected chi connectivity index (χ3v) is 3.68. The van der Waals surface area contributed by atoms with Crippen LogP contribution in [0, 0.1) is 0 Å². The first kappa shape index (κ1) is 10.4. The molecule has 0 fully saturated rings. The van der Waals surface area contributed by atoms with Crippen LogP contribution in [0.2, 0.25) is 0 Å². The second-order valence-corrected chi connectivity index (χ2v) is 5.84. The lowest BCUT2D eigenvalue weighted by Gasteiger charge is -2.13. The van der Waals surface area contributed by atoms with Crippen LogP contribution in [0.1, 0.15) is 38.3 Å². The Hall–Kier alpha value is -2.59. The average molecular weight is 344 g/mol. The summed E-state index contributed by atoms with van der Waals surface area (Å²) < 4.78 is 63.6. The van der Waals surface area contributed by atoms with Crippen LogP contribution in [0.25, 0.3) is 5.57 Å². The van der Waals surface area contributed by atoms with Crippen molar-refractivity contribution in [2.45, 2.75) is 19.4 Å². The molecule has 4 heteroatoms. The molecule has 2 aromatic carbocycles. The van der Waals surface area contributed by atoms with Crippen molar-refractivity contribution in [1.82, 2.24) is 4.90 Å². The summed E-state index contributed by atoms with van der Waals surface area (Å²) in [5.41, 5.74) is 0.0113. The molecule has 0 saturated carbocycles. The summed E-state index contributed by atoms with van der Waals surface area (Å²) in [6.45, 7) is -1.78. The average Bonchev–Trinajstić information content (AvgIpc) is 2.79. The van der Waals surface area contributed by atoms with Gasteiger partial charge in [0.25, 0.3) is 0 Å². The van der Waals surface area contributed by atoms with Gasteiger partial charge in [0, 0.05) is 14.8 Å². The van der Waals surface area contributed by atoms with Crippen LogP contribution in [-0.2, 0) is 17.7 Å². The fourth-order valence-electron chi connectivity index (χ4n) is 2.56. The molecule has 3 rings (SSSR count). The molecule has 0 radical (unpaired) electrons. The Balaban J connectivity index is 2.45. The zero-order valence-corrected chi connectivity index (χ0v) is 14.0. The van der Waals surface area contributed by atoms with Crippen molar-refractivity contribution < 1.29 is 24.2 Å². The maximum atomic E-state index is 11.6. The molecule has 0 aromatic heterocycles. The zero-order valence-electron chi connectivity index (χ0n) is 21.0. The molecule has 0 aliphatic carbocycles. The molecule has 1 aliphatic rings. The molecule has 0 saturated heterocycles. The van der Waals surface area contributed by atoms with E-state index < -0.39 is 42.6 Å². The maximum absolute atomic E-state index is 11.6. The highest BCUT2D eigenvalue weighted by molar-refractivity contribution is 5.85. The third-order valence-electron chi connectivity index (χ3n) is 3.68. The van der Waals surface area contributed by atoms with Crippen LogP contribution < -0.4 is 4.74 Å². The Labute approximate surface area is 158 Å². The van der Waals surface area contributed by atoms with Gasteiger partial charge in [-0.15, -0.1) is 0 Å². The van der Waals surface area contributed by atoms with Crippen LogP contribution in [0.3, 0.4) is 0 Å². The highest BCUT2D eigenvalue weighted by Gasteiger charge is 2.19. The molecule has 0 atom stereocenters. The van der Waals surface area contributed by atoms with Crippen LogP contribution >= 0.6 is 0 Å². The normalized spacial score (nSPS) is 21.2. The summed E-state index contributed by atoms with van der Waals surface area (Å²) in [5, 5.41) is 9.39. The molecule has 2 aromatic rings. The molecule has 0 spiro atoms. The van der Waals surface area contributed by atoms with E-state index in [9.17, 15) is 9.90 Å². The highest BCUT2D eigenvalue weighted by atomic mass is 16.5. The Kier molecular flexibility index (Phi) is 3.14. The fraction of sp³-hybridized carbons (Fsp3) is 0.286. The molecule has 0 bridgehead atoms. The Morgan fingerprint density at radius 3 is 2.96 bits per heavy atom. The second-order valence-electron chi connectivity index (χ2n) is 5.84. The summed E-state index contributed by atoms with van der Waals surface area (Å²) in [6.07, 6.45) is -0.877. The summed E-state index contributed by atoms with van der Waals surface area (Å²) in [5.74, 6) is -2.27. The second kappa shape index (κ2) is 7.53. The Morgan fingerprint density at radius 1 is 1.40 bits per heavy atom. The van der Waals surface area contributed by atoms with Gasteiger partial charge >= 0.3 is 5.97 Å². The maximum Gasteiger partial charge on any atom is 0.307 e. The predicted molar refractivity (Wildman–Crippen MR) is 98.8 cm³/mol. The highest BCUT2D eigenvalue weighted by Crippen LogP contribution is 2.37. The molecule has 1 heterocycles. The topological polar surface area (TPSA) is 49.8 Å². The van der Waals surface area contributed by atoms with Gasteiger partial charge in [0.1, 0.15) is 12.3 Å². The van der Waals surface area contributed by atoms with Crippen molar-refractivity contribution in [3.63, 3.8) is 0 Å². The van der Waals surface area contributed by atoms with Gasteiger partial charge in [-0.2, -0.15) is 0 Å². The van der Waals surface area contributed by atoms with Crippen LogP contribution in [0.15, 0.2) is 48.5 Å². The summed E-state index contributed by atoms with van der Waals surface area (Å²) >= 11 is 0. The van der Waals surface area contributed by atoms with E-state index in [2.05, 4.69) is 0 Å². The number of rotatable bonds is 5. The van der Waals surface area contributed by atoms with Crippen LogP contribution in [0.5, 0.6) is 5.75 Å². The number of carboxylic acids is 1. The van der Waals surface area contributed by atoms with Crippen molar-refractivity contribution in [3.05, 3.63) is 70.7 Å². The summed E-state index contributed by atoms with van der Waals surface area (Å²) in [7, 11) is 3.75. The van der Waals surface area contributed by atoms with Crippen molar-refractivity contribution in [2.75, 3.05) is 20.6 Å². The smallest absolute Gasteiger partial charge is 0.307 e. The molecular weight excluding hydrogens is 314 g/mol. The first-order valence-corrected chi connectivity index (χ1v) is 7.82. The molecule has 130 valence electrons. The number of carbonyl (C=O) groups is 1. The van der Waals surface area contributed by atoms with Gasteiger partial charge in [0.15, 0.2) is 0 Å². The first-order chi connectivity index (χ1) is 14.8. The third kappa shape index (κ3) is 4.09. The monoisotopic (exact) mass is 344 g/mol. The van der Waals surface area contributed by atoms with Gasteiger partial charge in [-0.25, -0.2) is 0 Å². The number of benzene rings is 2. The summed E-state index contributed by atoms with van der Waals surface area (Å²) in [4.78, 5) is 13.5. The van der Waals surface area contributed by atoms with E-state index >= 15 is 0 Å². The van der Waals surface area contributed by atoms with E-state index in [1.165, 1.54) is 6.07 Å². The lowest BCUT2D eigenvalue weighted by atomic mass is 9.92. The lowest BCUT2D eigenvalue weighted by Crippen LogP contribution is -2.12. The SMILES string of the molecule is [2H]c1c([2H])c(C([2H])([2H])C(=O)O)c([2H])c2c1OC([2H])([2H])c1ccccc1/C2=C\CCN(C)C. The van der Waals surface area contributed by atoms with Gasteiger partial charge in [-0.1, -0.05) is 36.4 Å². The number of fused-ring (bicyclic) bond motifs is 2. The van der Waals surface area contributed by atoms with Crippen molar-refractivity contribution in [3.8, 4) is 5.75 Å². The van der Waals surface area contributed by atoms with Gasteiger partial charge in [0.2, 0.25) is 0 Å². The molecular formula is C21H23NO3. The first-order valence-electron chi connectivity index (χ1n) is 11.3. The fourth-order valence-corrected chi connectivity index (χ4v) is 2.56. The van der Waals surface area contributed by atoms with Crippen molar-refractivity contribution >= 4 is 11.5 Å². The standard InChI is InChI=1S/C21H23NO3/c1-22(2)11-5-8-18-17-7-4-3-6-16(17)14-25-20-10-9-15(12-19(18)20)13-21(23)24/h3-4,6-10,12H,5,11,13-14H2,1-2H3,(H,23,24)/b18-8+/i9D,10D,12D,13D2,14D2. The van der Waals surface area contributed by atoms with E-state index in [1.807, 2.05) is 19.0 Å². The van der Waals surface area contributed by atoms with E-state index in [4.69, 9.17) is 14.3 Å². The quantitative estimate of drug-likeness (QED) is 0.900. The largest absolute Gasteiger partial charge is 0.488 e. The van der Waals surface area contributed by atoms with E-state index in [1.54, 1.807) is 24.3 Å². The van der Waals surface area contributed by atoms with Crippen molar-refractivity contribution in [2.24, 2.45) is 0 Å². The molecule has 25 heavy (non-hydrogen) atoms. The Bertz CT molecular complexity index is 1110. The molecule has 0 unspecified atom stereocenters. The molecule has 0 amide bonds. The minimum atomic E-state index is -3.10. The minimum Gasteiger partial charge on any atom is -0.488 e. The van der Waals surface area contributed by atoms with Gasteiger partial charge < -0.3 is 14.7 Å². The van der Waals surface area contributed by atoms with Gasteiger partial charge in [-0.3, -0.25) is 4.79 Å². The van der Waals surface area contributed by atoms with Gasteiger partial charge in [-0.05, 0) is 54.9 Å². The van der Waals surface area contributed by atoms with Crippen LogP contribution in [0.4, 0.5) is 0 Å². The number of nitrogens with zero attached hydrogens (tertiary/aromatic N) is 1. The Morgan fingerprint density at radius 2 is 2.20 bits per heavy atom. The van der Waals surface area contributed by atoms with Crippen LogP contribution in [-0.4, -0.2) is 36.6 Å². The minimum absolute atomic E-state index is 0.0984. The number of carboxylic acid groups (broad SMARTS) is 1. The molecule has 4 nitrogen and oxygen atoms in total. The van der Waals surface area contributed by atoms with E-state index in [0.29, 0.717) is 24.1 Å². The molecule has 1 aliphatic heterocycles. The summed E-state index contributed by atoms with van der Waals surface area (Å²) in [6, 6.07) is 4.35. The van der Waals surface area contributed by atoms with Gasteiger partial charge in [0.05, 0.1) is 13.2 Å². The number of ether oxygens (including phenoxy) is 1. The zero-order chi connectivity index (χ0) is 24.0. The predicted octanol–water partition coefficient (Wildman–Crippen LogP) is 3.59. The number of hydrogen-bond acceptors (Lipinski definition) is 3. The van der Waals surface area contributed by atoms with Crippen molar-refractivity contribution in [1.29, 1.82) is 0 Å². The number of hydrogen-bond donors (Lipinski definition) is 1. The van der Waals surface area contributed by atoms with E-state index in [-0.39, 0.29) is 16.9 Å². The molecule has 1 N–H and O–H groups in total.